The van der Waals surface area contributed by atoms with E-state index in [-0.39, 0.29) is 6.10 Å². The van der Waals surface area contributed by atoms with E-state index in [9.17, 15) is 5.11 Å². The number of hydrogen-bond donors (Lipinski definition) is 2. The van der Waals surface area contributed by atoms with Gasteiger partial charge in [0.25, 0.3) is 0 Å². The van der Waals surface area contributed by atoms with Gasteiger partial charge in [-0.05, 0) is 24.8 Å². The molecule has 1 saturated carbocycles. The largest absolute Gasteiger partial charge is 0.392 e. The number of nitrogens with one attached hydrogen (secondary N) is 1. The summed E-state index contributed by atoms with van der Waals surface area (Å²) in [5, 5.41) is 16.9. The van der Waals surface area contributed by atoms with Crippen LogP contribution in [0.15, 0.2) is 18.5 Å². The van der Waals surface area contributed by atoms with Crippen molar-refractivity contribution in [2.45, 2.75) is 25.5 Å². The summed E-state index contributed by atoms with van der Waals surface area (Å²) in [7, 11) is 0. The minimum Gasteiger partial charge on any atom is -0.392 e. The van der Waals surface area contributed by atoms with Crippen molar-refractivity contribution < 1.29 is 5.11 Å². The first kappa shape index (κ1) is 9.68. The van der Waals surface area contributed by atoms with Crippen LogP contribution in [-0.2, 0) is 6.54 Å². The molecule has 1 aliphatic carbocycles. The molecule has 0 spiro atoms. The standard InChI is InChI=1S/C10H17N3O/c14-10(9-2-3-9)8-11-5-7-13-6-1-4-12-13/h1,4,6,9-11,14H,2-3,5,7-8H2. The molecule has 1 unspecified atom stereocenters. The highest BCUT2D eigenvalue weighted by Crippen LogP contribution is 2.32. The molecule has 0 aliphatic heterocycles. The quantitative estimate of drug-likeness (QED) is 0.639. The number of nitrogens with zero attached hydrogens (tertiary/aromatic N) is 2. The van der Waals surface area contributed by atoms with E-state index in [1.165, 1.54) is 12.8 Å². The Morgan fingerprint density at radius 3 is 3.07 bits per heavy atom. The van der Waals surface area contributed by atoms with Gasteiger partial charge in [0.05, 0.1) is 12.6 Å². The maximum absolute atomic E-state index is 9.56. The minimum atomic E-state index is -0.146. The maximum Gasteiger partial charge on any atom is 0.0692 e. The van der Waals surface area contributed by atoms with Crippen molar-refractivity contribution in [1.29, 1.82) is 0 Å². The molecule has 14 heavy (non-hydrogen) atoms. The Bertz CT molecular complexity index is 256. The van der Waals surface area contributed by atoms with Gasteiger partial charge in [0.2, 0.25) is 0 Å². The molecule has 2 N–H and O–H groups in total. The van der Waals surface area contributed by atoms with Crippen molar-refractivity contribution in [1.82, 2.24) is 15.1 Å². The lowest BCUT2D eigenvalue weighted by atomic mass is 10.2. The van der Waals surface area contributed by atoms with Gasteiger partial charge < -0.3 is 10.4 Å². The number of aliphatic hydroxyl groups is 1. The highest BCUT2D eigenvalue weighted by atomic mass is 16.3. The Kier molecular flexibility index (Phi) is 3.16. The van der Waals surface area contributed by atoms with Crippen LogP contribution in [0.25, 0.3) is 0 Å². The predicted molar refractivity (Wildman–Crippen MR) is 53.8 cm³/mol. The van der Waals surface area contributed by atoms with Crippen LogP contribution in [0, 0.1) is 5.92 Å². The Labute approximate surface area is 83.9 Å². The predicted octanol–water partition coefficient (Wildman–Crippen LogP) is 0.244. The lowest BCUT2D eigenvalue weighted by Crippen LogP contribution is -2.30. The molecular weight excluding hydrogens is 178 g/mol. The smallest absolute Gasteiger partial charge is 0.0692 e. The fourth-order valence-corrected chi connectivity index (χ4v) is 1.52. The molecular formula is C10H17N3O. The molecule has 1 atom stereocenters. The first-order chi connectivity index (χ1) is 6.86. The highest BCUT2D eigenvalue weighted by molar-refractivity contribution is 4.82. The number of hydrogen-bond acceptors (Lipinski definition) is 3. The molecule has 1 fully saturated rings. The van der Waals surface area contributed by atoms with Crippen LogP contribution in [0.1, 0.15) is 12.8 Å². The van der Waals surface area contributed by atoms with Crippen LogP contribution < -0.4 is 5.32 Å². The molecule has 4 nitrogen and oxygen atoms in total. The summed E-state index contributed by atoms with van der Waals surface area (Å²) in [6.45, 7) is 2.45. The summed E-state index contributed by atoms with van der Waals surface area (Å²) >= 11 is 0. The lowest BCUT2D eigenvalue weighted by Gasteiger charge is -2.10. The fraction of sp³-hybridized carbons (Fsp3) is 0.700. The third kappa shape index (κ3) is 2.82. The molecule has 78 valence electrons. The van der Waals surface area contributed by atoms with Crippen LogP contribution in [0.5, 0.6) is 0 Å². The Balaban J connectivity index is 1.54. The number of aliphatic hydroxyl groups excluding tert-OH is 1. The SMILES string of the molecule is OC(CNCCn1cccn1)C1CC1. The molecule has 1 heterocycles. The van der Waals surface area contributed by atoms with Gasteiger partial charge in [-0.2, -0.15) is 5.10 Å². The zero-order valence-electron chi connectivity index (χ0n) is 8.26. The van der Waals surface area contributed by atoms with Crippen molar-refractivity contribution in [2.75, 3.05) is 13.1 Å². The van der Waals surface area contributed by atoms with Crippen LogP contribution in [0.3, 0.4) is 0 Å². The van der Waals surface area contributed by atoms with E-state index in [0.717, 1.165) is 13.1 Å². The zero-order valence-corrected chi connectivity index (χ0v) is 8.26. The second-order valence-corrected chi connectivity index (χ2v) is 3.88. The van der Waals surface area contributed by atoms with Crippen LogP contribution in [-0.4, -0.2) is 34.1 Å². The molecule has 1 aliphatic rings. The Morgan fingerprint density at radius 2 is 2.43 bits per heavy atom. The van der Waals surface area contributed by atoms with E-state index >= 15 is 0 Å². The monoisotopic (exact) mass is 195 g/mol. The van der Waals surface area contributed by atoms with Gasteiger partial charge in [-0.15, -0.1) is 0 Å². The highest BCUT2D eigenvalue weighted by Gasteiger charge is 2.28. The van der Waals surface area contributed by atoms with Gasteiger partial charge in [0.15, 0.2) is 0 Å². The first-order valence-electron chi connectivity index (χ1n) is 5.22. The third-order valence-electron chi connectivity index (χ3n) is 2.60. The fourth-order valence-electron chi connectivity index (χ4n) is 1.52. The molecule has 0 aromatic carbocycles. The molecule has 0 amide bonds. The summed E-state index contributed by atoms with van der Waals surface area (Å²) in [5.41, 5.74) is 0. The van der Waals surface area contributed by atoms with Crippen molar-refractivity contribution in [3.05, 3.63) is 18.5 Å². The molecule has 0 bridgehead atoms. The number of rotatable bonds is 6. The zero-order chi connectivity index (χ0) is 9.80. The molecule has 1 aromatic heterocycles. The van der Waals surface area contributed by atoms with Gasteiger partial charge in [0.1, 0.15) is 0 Å². The van der Waals surface area contributed by atoms with Crippen molar-refractivity contribution >= 4 is 0 Å². The molecule has 2 rings (SSSR count). The molecule has 4 heteroatoms. The Morgan fingerprint density at radius 1 is 1.57 bits per heavy atom. The van der Waals surface area contributed by atoms with E-state index in [1.54, 1.807) is 6.20 Å². The van der Waals surface area contributed by atoms with Gasteiger partial charge >= 0.3 is 0 Å². The van der Waals surface area contributed by atoms with E-state index in [0.29, 0.717) is 12.5 Å². The lowest BCUT2D eigenvalue weighted by molar-refractivity contribution is 0.148. The number of aromatic nitrogens is 2. The van der Waals surface area contributed by atoms with E-state index in [1.807, 2.05) is 16.9 Å². The normalized spacial score (nSPS) is 18.4. The summed E-state index contributed by atoms with van der Waals surface area (Å²) in [5.74, 6) is 0.562. The van der Waals surface area contributed by atoms with Crippen LogP contribution >= 0.6 is 0 Å². The van der Waals surface area contributed by atoms with E-state index in [2.05, 4.69) is 10.4 Å². The molecule has 0 saturated heterocycles. The van der Waals surface area contributed by atoms with Crippen molar-refractivity contribution in [3.63, 3.8) is 0 Å². The van der Waals surface area contributed by atoms with Crippen LogP contribution in [0.4, 0.5) is 0 Å². The minimum absolute atomic E-state index is 0.146. The molecule has 1 aromatic rings. The van der Waals surface area contributed by atoms with Gasteiger partial charge in [-0.1, -0.05) is 0 Å². The average Bonchev–Trinajstić information content (AvgIpc) is 2.92. The second kappa shape index (κ2) is 4.57. The van der Waals surface area contributed by atoms with E-state index in [4.69, 9.17) is 0 Å². The van der Waals surface area contributed by atoms with Gasteiger partial charge in [-0.3, -0.25) is 4.68 Å². The summed E-state index contributed by atoms with van der Waals surface area (Å²) < 4.78 is 1.89. The third-order valence-corrected chi connectivity index (χ3v) is 2.60. The second-order valence-electron chi connectivity index (χ2n) is 3.88. The van der Waals surface area contributed by atoms with Gasteiger partial charge in [0, 0.05) is 25.5 Å². The van der Waals surface area contributed by atoms with Crippen molar-refractivity contribution in [3.8, 4) is 0 Å². The average molecular weight is 195 g/mol. The van der Waals surface area contributed by atoms with E-state index < -0.39 is 0 Å². The van der Waals surface area contributed by atoms with Gasteiger partial charge in [-0.25, -0.2) is 0 Å². The molecule has 0 radical (unpaired) electrons. The summed E-state index contributed by atoms with van der Waals surface area (Å²) in [6.07, 6.45) is 5.97. The summed E-state index contributed by atoms with van der Waals surface area (Å²) in [4.78, 5) is 0. The van der Waals surface area contributed by atoms with Crippen molar-refractivity contribution in [2.24, 2.45) is 5.92 Å². The van der Waals surface area contributed by atoms with Crippen LogP contribution in [0.2, 0.25) is 0 Å². The topological polar surface area (TPSA) is 50.1 Å². The maximum atomic E-state index is 9.56. The first-order valence-corrected chi connectivity index (χ1v) is 5.22. The summed E-state index contributed by atoms with van der Waals surface area (Å²) in [6, 6.07) is 1.92. The Hall–Kier alpha value is -0.870.